The number of hydrogen-bond acceptors (Lipinski definition) is 3. The molecule has 0 heterocycles. The first kappa shape index (κ1) is 9.41. The Morgan fingerprint density at radius 2 is 2.27 bits per heavy atom. The number of ether oxygens (including phenoxy) is 1. The maximum Gasteiger partial charge on any atom is 0.412 e. The molecule has 0 saturated carbocycles. The van der Waals surface area contributed by atoms with Crippen LogP contribution in [0.15, 0.2) is 4.99 Å². The molecule has 0 atom stereocenters. The average Bonchev–Trinajstić information content (AvgIpc) is 1.82. The van der Waals surface area contributed by atoms with Gasteiger partial charge in [0.25, 0.3) is 0 Å². The van der Waals surface area contributed by atoms with E-state index in [0.717, 1.165) is 0 Å². The van der Waals surface area contributed by atoms with E-state index in [2.05, 4.69) is 15.5 Å². The zero-order valence-electron chi connectivity index (χ0n) is 6.37. The molecule has 0 bridgehead atoms. The minimum absolute atomic E-state index is 0.522. The fraction of sp³-hybridized carbons (Fsp3) is 0.400. The van der Waals surface area contributed by atoms with E-state index in [9.17, 15) is 4.79 Å². The molecule has 0 aliphatic heterocycles. The van der Waals surface area contributed by atoms with E-state index in [1.54, 1.807) is 19.0 Å². The summed E-state index contributed by atoms with van der Waals surface area (Å²) in [5.74, 6) is 0. The smallest absolute Gasteiger partial charge is 0.374 e. The molecule has 6 heteroatoms. The van der Waals surface area contributed by atoms with Crippen LogP contribution in [0.25, 0.3) is 0 Å². The molecule has 0 rings (SSSR count). The second-order valence-corrected chi connectivity index (χ2v) is 1.93. The predicted molar refractivity (Wildman–Crippen MR) is 40.6 cm³/mol. The number of nitrogens with one attached hydrogen (secondary N) is 1. The number of amidine groups is 1. The zero-order chi connectivity index (χ0) is 8.85. The fourth-order valence-electron chi connectivity index (χ4n) is 0.290. The summed E-state index contributed by atoms with van der Waals surface area (Å²) in [6.07, 6.45) is 0.288. The van der Waals surface area contributed by atoms with Gasteiger partial charge in [0.2, 0.25) is 0 Å². The molecule has 0 saturated heterocycles. The van der Waals surface area contributed by atoms with Gasteiger partial charge >= 0.3 is 12.1 Å². The Kier molecular flexibility index (Phi) is 3.65. The van der Waals surface area contributed by atoms with Crippen molar-refractivity contribution in [3.05, 3.63) is 0 Å². The van der Waals surface area contributed by atoms with Gasteiger partial charge in [-0.25, -0.2) is 10.2 Å². The van der Waals surface area contributed by atoms with Crippen molar-refractivity contribution >= 4 is 18.5 Å². The highest BCUT2D eigenvalue weighted by Crippen LogP contribution is 1.79. The number of nitrogens with zero attached hydrogens (tertiary/aromatic N) is 2. The molecule has 1 amide bonds. The van der Waals surface area contributed by atoms with E-state index in [1.807, 2.05) is 0 Å². The van der Waals surface area contributed by atoms with Gasteiger partial charge in [-0.05, 0) is 0 Å². The van der Waals surface area contributed by atoms with Crippen molar-refractivity contribution < 1.29 is 9.53 Å². The zero-order valence-corrected chi connectivity index (χ0v) is 6.37. The summed E-state index contributed by atoms with van der Waals surface area (Å²) >= 11 is 0. The lowest BCUT2D eigenvalue weighted by molar-refractivity contribution is 0.207. The van der Waals surface area contributed by atoms with E-state index < -0.39 is 12.1 Å². The quantitative estimate of drug-likeness (QED) is 0.402. The van der Waals surface area contributed by atoms with Gasteiger partial charge in [-0.15, -0.1) is 0 Å². The molecule has 0 aromatic carbocycles. The molecular formula is C5H10N4O2. The highest BCUT2D eigenvalue weighted by atomic mass is 16.6. The van der Waals surface area contributed by atoms with Crippen LogP contribution in [0.5, 0.6) is 0 Å². The van der Waals surface area contributed by atoms with Crippen molar-refractivity contribution in [2.45, 2.75) is 0 Å². The molecule has 6 nitrogen and oxygen atoms in total. The summed E-state index contributed by atoms with van der Waals surface area (Å²) in [7, 11) is 3.45. The summed E-state index contributed by atoms with van der Waals surface area (Å²) in [5.41, 5.74) is 4.61. The van der Waals surface area contributed by atoms with Crippen LogP contribution in [0, 0.1) is 5.41 Å². The molecule has 0 spiro atoms. The Morgan fingerprint density at radius 3 is 2.64 bits per heavy atom. The summed E-state index contributed by atoms with van der Waals surface area (Å²) < 4.78 is 4.10. The van der Waals surface area contributed by atoms with Crippen molar-refractivity contribution in [1.29, 1.82) is 5.41 Å². The number of nitrogens with two attached hydrogens (primary N) is 1. The molecule has 0 fully saturated rings. The van der Waals surface area contributed by atoms with Gasteiger partial charge in [0, 0.05) is 14.1 Å². The van der Waals surface area contributed by atoms with Crippen molar-refractivity contribution in [2.75, 3.05) is 14.1 Å². The summed E-state index contributed by atoms with van der Waals surface area (Å²) in [4.78, 5) is 15.0. The second kappa shape index (κ2) is 4.26. The molecule has 0 aliphatic rings. The Bertz CT molecular complexity index is 187. The van der Waals surface area contributed by atoms with Crippen LogP contribution in [0.3, 0.4) is 0 Å². The fourth-order valence-corrected chi connectivity index (χ4v) is 0.290. The molecule has 11 heavy (non-hydrogen) atoms. The number of carbonyl (C=O) groups is 1. The third-order valence-electron chi connectivity index (χ3n) is 0.603. The molecule has 0 aromatic rings. The Morgan fingerprint density at radius 1 is 1.73 bits per heavy atom. The number of rotatable bonds is 1. The minimum Gasteiger partial charge on any atom is -0.374 e. The van der Waals surface area contributed by atoms with Crippen LogP contribution in [-0.2, 0) is 4.74 Å². The largest absolute Gasteiger partial charge is 0.412 e. The van der Waals surface area contributed by atoms with Gasteiger partial charge < -0.3 is 15.4 Å². The number of carbonyl (C=O) groups excluding carboxylic acids is 1. The third kappa shape index (κ3) is 6.29. The second-order valence-electron chi connectivity index (χ2n) is 1.93. The highest BCUT2D eigenvalue weighted by molar-refractivity contribution is 5.88. The molecule has 62 valence electrons. The molecular weight excluding hydrogens is 148 g/mol. The van der Waals surface area contributed by atoms with E-state index in [0.29, 0.717) is 0 Å². The lowest BCUT2D eigenvalue weighted by Crippen LogP contribution is -2.18. The topological polar surface area (TPSA) is 91.8 Å². The maximum atomic E-state index is 10.0. The van der Waals surface area contributed by atoms with Crippen LogP contribution in [-0.4, -0.2) is 37.4 Å². The van der Waals surface area contributed by atoms with Crippen LogP contribution in [0.4, 0.5) is 4.79 Å². The number of primary amides is 1. The Balaban J connectivity index is 3.78. The van der Waals surface area contributed by atoms with Crippen LogP contribution in [0.1, 0.15) is 0 Å². The average molecular weight is 158 g/mol. The Labute approximate surface area is 64.2 Å². The highest BCUT2D eigenvalue weighted by Gasteiger charge is 1.97. The molecule has 0 unspecified atom stereocenters. The summed E-state index contributed by atoms with van der Waals surface area (Å²) in [6, 6.07) is -0.522. The van der Waals surface area contributed by atoms with Crippen molar-refractivity contribution in [1.82, 2.24) is 4.90 Å². The summed E-state index contributed by atoms with van der Waals surface area (Å²) in [6.45, 7) is 0. The molecule has 3 N–H and O–H groups in total. The van der Waals surface area contributed by atoms with Crippen LogP contribution in [0.2, 0.25) is 0 Å². The number of aliphatic imine (C=N–C) groups is 1. The van der Waals surface area contributed by atoms with Gasteiger partial charge in [0.1, 0.15) is 0 Å². The van der Waals surface area contributed by atoms with E-state index in [4.69, 9.17) is 5.41 Å². The minimum atomic E-state index is -1.04. The van der Waals surface area contributed by atoms with E-state index >= 15 is 0 Å². The SMILES string of the molecule is CN(C)/C=N/C(=N)OC(N)=O. The van der Waals surface area contributed by atoms with Crippen LogP contribution >= 0.6 is 0 Å². The van der Waals surface area contributed by atoms with E-state index in [1.165, 1.54) is 6.34 Å². The van der Waals surface area contributed by atoms with E-state index in [-0.39, 0.29) is 0 Å². The first-order valence-electron chi connectivity index (χ1n) is 2.79. The van der Waals surface area contributed by atoms with Crippen molar-refractivity contribution in [2.24, 2.45) is 10.7 Å². The van der Waals surface area contributed by atoms with Crippen LogP contribution < -0.4 is 5.73 Å². The molecule has 0 radical (unpaired) electrons. The predicted octanol–water partition coefficient (Wildman–Crippen LogP) is -0.394. The lowest BCUT2D eigenvalue weighted by atomic mass is 10.9. The van der Waals surface area contributed by atoms with Crippen molar-refractivity contribution in [3.63, 3.8) is 0 Å². The lowest BCUT2D eigenvalue weighted by Gasteiger charge is -2.01. The molecule has 0 aliphatic carbocycles. The van der Waals surface area contributed by atoms with Gasteiger partial charge in [-0.3, -0.25) is 0 Å². The van der Waals surface area contributed by atoms with Gasteiger partial charge in [0.05, 0.1) is 6.34 Å². The maximum absolute atomic E-state index is 10.0. The van der Waals surface area contributed by atoms with Gasteiger partial charge in [0.15, 0.2) is 0 Å². The first-order chi connectivity index (χ1) is 5.02. The molecule has 0 aromatic heterocycles. The standard InChI is InChI=1S/C5H10N4O2/c1-9(2)3-8-4(6)11-5(7)10/h3,6H,1-2H3,(H2,7,10)/b6-4?,8-3+. The Hall–Kier alpha value is -1.59. The number of amides is 1. The first-order valence-corrected chi connectivity index (χ1v) is 2.79. The normalized spacial score (nSPS) is 9.64. The van der Waals surface area contributed by atoms with Gasteiger partial charge in [-0.1, -0.05) is 0 Å². The third-order valence-corrected chi connectivity index (χ3v) is 0.603. The summed E-state index contributed by atoms with van der Waals surface area (Å²) in [5, 5.41) is 6.86. The van der Waals surface area contributed by atoms with Crippen molar-refractivity contribution in [3.8, 4) is 0 Å². The van der Waals surface area contributed by atoms with Gasteiger partial charge in [-0.2, -0.15) is 4.99 Å². The number of hydrogen-bond donors (Lipinski definition) is 2. The monoisotopic (exact) mass is 158 g/mol.